The van der Waals surface area contributed by atoms with Gasteiger partial charge in [-0.05, 0) is 37.5 Å². The highest BCUT2D eigenvalue weighted by molar-refractivity contribution is 5.51. The number of carbonyl (C=O) groups is 1. The van der Waals surface area contributed by atoms with Crippen molar-refractivity contribution in [1.82, 2.24) is 5.32 Å². The molecule has 3 nitrogen and oxygen atoms in total. The van der Waals surface area contributed by atoms with Crippen LogP contribution in [0, 0.1) is 11.8 Å². The molecular weight excluding hydrogens is 166 g/mol. The van der Waals surface area contributed by atoms with Crippen molar-refractivity contribution < 1.29 is 9.90 Å². The second-order valence-electron chi connectivity index (χ2n) is 4.34. The van der Waals surface area contributed by atoms with Crippen LogP contribution in [0.15, 0.2) is 0 Å². The van der Waals surface area contributed by atoms with Gasteiger partial charge in [-0.3, -0.25) is 0 Å². The highest BCUT2D eigenvalue weighted by Crippen LogP contribution is 2.51. The first-order valence-corrected chi connectivity index (χ1v) is 5.14. The molecule has 3 heteroatoms. The molecule has 0 atom stereocenters. The van der Waals surface area contributed by atoms with Crippen LogP contribution in [0.25, 0.3) is 0 Å². The maximum atomic E-state index is 10.3. The van der Waals surface area contributed by atoms with Crippen LogP contribution in [0.1, 0.15) is 25.7 Å². The first-order valence-electron chi connectivity index (χ1n) is 5.14. The summed E-state index contributed by atoms with van der Waals surface area (Å²) in [6, 6.07) is 0. The molecule has 0 aromatic rings. The van der Waals surface area contributed by atoms with E-state index in [1.807, 2.05) is 0 Å². The Hall–Kier alpha value is -0.410. The quantitative estimate of drug-likeness (QED) is 0.461. The van der Waals surface area contributed by atoms with Gasteiger partial charge in [-0.15, -0.1) is 0 Å². The number of aldehydes is 1. The minimum Gasteiger partial charge on any atom is -0.388 e. The minimum atomic E-state index is -0.497. The Kier molecular flexibility index (Phi) is 2.39. The molecule has 13 heavy (non-hydrogen) atoms. The van der Waals surface area contributed by atoms with E-state index in [-0.39, 0.29) is 0 Å². The summed E-state index contributed by atoms with van der Waals surface area (Å²) in [7, 11) is 0. The van der Waals surface area contributed by atoms with Crippen molar-refractivity contribution >= 4 is 6.29 Å². The summed E-state index contributed by atoms with van der Waals surface area (Å²) < 4.78 is 0. The molecule has 2 aliphatic rings. The lowest BCUT2D eigenvalue weighted by molar-refractivity contribution is -0.107. The van der Waals surface area contributed by atoms with Crippen LogP contribution in [0.2, 0.25) is 0 Å². The molecule has 0 spiro atoms. The maximum Gasteiger partial charge on any atom is 0.133 e. The molecule has 0 unspecified atom stereocenters. The lowest BCUT2D eigenvalue weighted by atomic mass is 9.92. The summed E-state index contributed by atoms with van der Waals surface area (Å²) in [6.07, 6.45) is 5.50. The molecule has 2 fully saturated rings. The van der Waals surface area contributed by atoms with Crippen molar-refractivity contribution in [2.24, 2.45) is 11.8 Å². The molecule has 0 saturated heterocycles. The molecular formula is C10H17NO2. The van der Waals surface area contributed by atoms with Crippen LogP contribution in [-0.4, -0.2) is 30.1 Å². The molecule has 2 saturated carbocycles. The number of hydrogen-bond acceptors (Lipinski definition) is 3. The van der Waals surface area contributed by atoms with E-state index in [1.54, 1.807) is 0 Å². The first kappa shape index (κ1) is 9.16. The Morgan fingerprint density at radius 3 is 2.23 bits per heavy atom. The van der Waals surface area contributed by atoms with Crippen LogP contribution >= 0.6 is 0 Å². The van der Waals surface area contributed by atoms with Crippen LogP contribution in [0.3, 0.4) is 0 Å². The molecule has 0 aromatic carbocycles. The normalized spacial score (nSPS) is 23.2. The van der Waals surface area contributed by atoms with E-state index in [2.05, 4.69) is 5.32 Å². The van der Waals surface area contributed by atoms with E-state index in [1.165, 1.54) is 0 Å². The second-order valence-corrected chi connectivity index (χ2v) is 4.34. The van der Waals surface area contributed by atoms with E-state index >= 15 is 0 Å². The standard InChI is InChI=1S/C10H17NO2/c12-6-5-11-7-10(13,8-1-2-8)9-3-4-9/h6,8-9,11,13H,1-5,7H2. The van der Waals surface area contributed by atoms with E-state index in [0.29, 0.717) is 24.9 Å². The third-order valence-electron chi connectivity index (χ3n) is 3.20. The molecule has 0 aliphatic heterocycles. The highest BCUT2D eigenvalue weighted by atomic mass is 16.3. The lowest BCUT2D eigenvalue weighted by Gasteiger charge is -2.28. The molecule has 0 radical (unpaired) electrons. The Balaban J connectivity index is 1.84. The molecule has 0 amide bonds. The average molecular weight is 183 g/mol. The van der Waals surface area contributed by atoms with Gasteiger partial charge in [0.25, 0.3) is 0 Å². The van der Waals surface area contributed by atoms with Gasteiger partial charge >= 0.3 is 0 Å². The zero-order valence-electron chi connectivity index (χ0n) is 7.83. The predicted molar refractivity (Wildman–Crippen MR) is 49.3 cm³/mol. The van der Waals surface area contributed by atoms with Crippen LogP contribution in [0.4, 0.5) is 0 Å². The number of nitrogens with one attached hydrogen (secondary N) is 1. The largest absolute Gasteiger partial charge is 0.388 e. The zero-order chi connectivity index (χ0) is 9.31. The van der Waals surface area contributed by atoms with Gasteiger partial charge in [-0.25, -0.2) is 0 Å². The van der Waals surface area contributed by atoms with E-state index in [4.69, 9.17) is 0 Å². The van der Waals surface area contributed by atoms with Crippen LogP contribution in [-0.2, 0) is 4.79 Å². The predicted octanol–water partition coefficient (Wildman–Crippen LogP) is 0.326. The van der Waals surface area contributed by atoms with Crippen molar-refractivity contribution in [2.45, 2.75) is 31.3 Å². The van der Waals surface area contributed by atoms with Crippen LogP contribution in [0.5, 0.6) is 0 Å². The lowest BCUT2D eigenvalue weighted by Crippen LogP contribution is -2.45. The summed E-state index contributed by atoms with van der Waals surface area (Å²) in [5.41, 5.74) is -0.497. The third kappa shape index (κ3) is 1.92. The van der Waals surface area contributed by atoms with Crippen molar-refractivity contribution in [1.29, 1.82) is 0 Å². The van der Waals surface area contributed by atoms with Gasteiger partial charge in [0.05, 0.1) is 12.1 Å². The first-order chi connectivity index (χ1) is 6.27. The van der Waals surface area contributed by atoms with Gasteiger partial charge in [-0.1, -0.05) is 0 Å². The summed E-state index contributed by atoms with van der Waals surface area (Å²) in [6.45, 7) is 0.961. The molecule has 74 valence electrons. The van der Waals surface area contributed by atoms with Crippen molar-refractivity contribution in [3.63, 3.8) is 0 Å². The molecule has 2 N–H and O–H groups in total. The fourth-order valence-corrected chi connectivity index (χ4v) is 2.12. The Bertz CT molecular complexity index is 185. The minimum absolute atomic E-state index is 0.363. The van der Waals surface area contributed by atoms with E-state index in [9.17, 15) is 9.90 Å². The van der Waals surface area contributed by atoms with Gasteiger partial charge in [-0.2, -0.15) is 0 Å². The van der Waals surface area contributed by atoms with Crippen molar-refractivity contribution in [3.8, 4) is 0 Å². The van der Waals surface area contributed by atoms with Gasteiger partial charge in [0.1, 0.15) is 6.29 Å². The SMILES string of the molecule is O=CCNCC(O)(C1CC1)C1CC1. The Morgan fingerprint density at radius 1 is 1.31 bits per heavy atom. The number of hydrogen-bond donors (Lipinski definition) is 2. The van der Waals surface area contributed by atoms with Crippen LogP contribution < -0.4 is 5.32 Å². The van der Waals surface area contributed by atoms with Gasteiger partial charge < -0.3 is 15.2 Å². The fraction of sp³-hybridized carbons (Fsp3) is 0.900. The topological polar surface area (TPSA) is 49.3 Å². The third-order valence-corrected chi connectivity index (χ3v) is 3.20. The average Bonchev–Trinajstić information content (AvgIpc) is 2.95. The van der Waals surface area contributed by atoms with Crippen molar-refractivity contribution in [3.05, 3.63) is 0 Å². The smallest absolute Gasteiger partial charge is 0.133 e. The van der Waals surface area contributed by atoms with E-state index < -0.39 is 5.60 Å². The molecule has 0 aromatic heterocycles. The zero-order valence-corrected chi connectivity index (χ0v) is 7.83. The Labute approximate surface area is 78.5 Å². The highest BCUT2D eigenvalue weighted by Gasteiger charge is 2.52. The number of rotatable bonds is 6. The monoisotopic (exact) mass is 183 g/mol. The van der Waals surface area contributed by atoms with Gasteiger partial charge in [0, 0.05) is 6.54 Å². The Morgan fingerprint density at radius 2 is 1.85 bits per heavy atom. The molecule has 0 heterocycles. The van der Waals surface area contributed by atoms with Gasteiger partial charge in [0.2, 0.25) is 0 Å². The fourth-order valence-electron chi connectivity index (χ4n) is 2.12. The van der Waals surface area contributed by atoms with Gasteiger partial charge in [0.15, 0.2) is 0 Å². The summed E-state index contributed by atoms with van der Waals surface area (Å²) in [5.74, 6) is 0.998. The number of carbonyl (C=O) groups excluding carboxylic acids is 1. The number of aliphatic hydroxyl groups is 1. The molecule has 0 bridgehead atoms. The van der Waals surface area contributed by atoms with Crippen molar-refractivity contribution in [2.75, 3.05) is 13.1 Å². The molecule has 2 rings (SSSR count). The summed E-state index contributed by atoms with van der Waals surface area (Å²) >= 11 is 0. The maximum absolute atomic E-state index is 10.3. The summed E-state index contributed by atoms with van der Waals surface area (Å²) in [5, 5.41) is 13.3. The molecule has 2 aliphatic carbocycles. The van der Waals surface area contributed by atoms with E-state index in [0.717, 1.165) is 32.0 Å². The second kappa shape index (κ2) is 3.39. The summed E-state index contributed by atoms with van der Waals surface area (Å²) in [4.78, 5) is 10.1.